The maximum absolute atomic E-state index is 12.4. The van der Waals surface area contributed by atoms with Gasteiger partial charge in [0, 0.05) is 17.7 Å². The number of rotatable bonds is 5. The Morgan fingerprint density at radius 3 is 2.60 bits per heavy atom. The van der Waals surface area contributed by atoms with Crippen molar-refractivity contribution in [3.05, 3.63) is 58.5 Å². The largest absolute Gasteiger partial charge is 0.469 e. The number of likely N-dealkylation sites (N-methyl/N-ethyl adjacent to an activating group) is 1. The summed E-state index contributed by atoms with van der Waals surface area (Å²) >= 11 is 0. The molecule has 2 rings (SSSR count). The van der Waals surface area contributed by atoms with E-state index in [0.717, 1.165) is 34.6 Å². The van der Waals surface area contributed by atoms with Crippen molar-refractivity contribution in [1.82, 2.24) is 4.90 Å². The number of hydrogen-bond acceptors (Lipinski definition) is 3. The quantitative estimate of drug-likeness (QED) is 0.780. The van der Waals surface area contributed by atoms with Crippen LogP contribution in [0.1, 0.15) is 32.8 Å². The zero-order chi connectivity index (χ0) is 14.7. The van der Waals surface area contributed by atoms with Gasteiger partial charge in [-0.3, -0.25) is 9.69 Å². The Bertz CT molecular complexity index is 613. The molecule has 1 aromatic heterocycles. The SMILES string of the molecule is Cc1ccc(C)c(C(=O)CN(C)Cc2ccoc2C)c1. The van der Waals surface area contributed by atoms with Gasteiger partial charge in [0.1, 0.15) is 5.76 Å². The Hall–Kier alpha value is -1.87. The van der Waals surface area contributed by atoms with Crippen molar-refractivity contribution in [3.63, 3.8) is 0 Å². The summed E-state index contributed by atoms with van der Waals surface area (Å²) in [6, 6.07) is 7.95. The molecule has 20 heavy (non-hydrogen) atoms. The minimum Gasteiger partial charge on any atom is -0.469 e. The molecule has 1 heterocycles. The highest BCUT2D eigenvalue weighted by atomic mass is 16.3. The van der Waals surface area contributed by atoms with E-state index in [-0.39, 0.29) is 5.78 Å². The molecule has 0 N–H and O–H groups in total. The molecule has 1 aromatic carbocycles. The molecular formula is C17H21NO2. The lowest BCUT2D eigenvalue weighted by molar-refractivity contribution is 0.0942. The number of furan rings is 1. The van der Waals surface area contributed by atoms with Gasteiger partial charge in [0.2, 0.25) is 0 Å². The molecular weight excluding hydrogens is 250 g/mol. The van der Waals surface area contributed by atoms with Gasteiger partial charge in [0.05, 0.1) is 12.8 Å². The highest BCUT2D eigenvalue weighted by Crippen LogP contribution is 2.14. The van der Waals surface area contributed by atoms with Crippen LogP contribution in [-0.4, -0.2) is 24.3 Å². The average Bonchev–Trinajstić information content (AvgIpc) is 2.77. The second-order valence-corrected chi connectivity index (χ2v) is 5.42. The van der Waals surface area contributed by atoms with Crippen LogP contribution in [0.5, 0.6) is 0 Å². The third kappa shape index (κ3) is 3.36. The lowest BCUT2D eigenvalue weighted by Gasteiger charge is -2.16. The summed E-state index contributed by atoms with van der Waals surface area (Å²) in [5, 5.41) is 0. The van der Waals surface area contributed by atoms with Crippen molar-refractivity contribution in [3.8, 4) is 0 Å². The first-order chi connectivity index (χ1) is 9.47. The first-order valence-corrected chi connectivity index (χ1v) is 6.79. The van der Waals surface area contributed by atoms with Gasteiger partial charge in [-0.15, -0.1) is 0 Å². The predicted octanol–water partition coefficient (Wildman–Crippen LogP) is 3.52. The Balaban J connectivity index is 2.04. The van der Waals surface area contributed by atoms with Gasteiger partial charge in [-0.1, -0.05) is 17.7 Å². The van der Waals surface area contributed by atoms with E-state index >= 15 is 0 Å². The van der Waals surface area contributed by atoms with Gasteiger partial charge in [-0.25, -0.2) is 0 Å². The molecule has 0 amide bonds. The zero-order valence-electron chi connectivity index (χ0n) is 12.6. The fourth-order valence-electron chi connectivity index (χ4n) is 2.29. The summed E-state index contributed by atoms with van der Waals surface area (Å²) in [4.78, 5) is 14.4. The average molecular weight is 271 g/mol. The number of nitrogens with zero attached hydrogens (tertiary/aromatic N) is 1. The van der Waals surface area contributed by atoms with Crippen LogP contribution in [0.3, 0.4) is 0 Å². The second-order valence-electron chi connectivity index (χ2n) is 5.42. The van der Waals surface area contributed by atoms with Crippen molar-refractivity contribution in [2.24, 2.45) is 0 Å². The fourth-order valence-corrected chi connectivity index (χ4v) is 2.29. The van der Waals surface area contributed by atoms with Gasteiger partial charge in [0.15, 0.2) is 5.78 Å². The summed E-state index contributed by atoms with van der Waals surface area (Å²) in [6.07, 6.45) is 1.69. The number of hydrogen-bond donors (Lipinski definition) is 0. The number of ketones is 1. The lowest BCUT2D eigenvalue weighted by Crippen LogP contribution is -2.26. The summed E-state index contributed by atoms with van der Waals surface area (Å²) in [6.45, 7) is 7.06. The van der Waals surface area contributed by atoms with Gasteiger partial charge in [0.25, 0.3) is 0 Å². The van der Waals surface area contributed by atoms with Crippen LogP contribution in [0, 0.1) is 20.8 Å². The molecule has 0 saturated carbocycles. The molecule has 106 valence electrons. The molecule has 0 aliphatic carbocycles. The predicted molar refractivity (Wildman–Crippen MR) is 80.0 cm³/mol. The summed E-state index contributed by atoms with van der Waals surface area (Å²) < 4.78 is 5.28. The van der Waals surface area contributed by atoms with E-state index in [4.69, 9.17) is 4.42 Å². The van der Waals surface area contributed by atoms with E-state index in [2.05, 4.69) is 0 Å². The molecule has 0 spiro atoms. The summed E-state index contributed by atoms with van der Waals surface area (Å²) in [5.74, 6) is 1.07. The summed E-state index contributed by atoms with van der Waals surface area (Å²) in [7, 11) is 1.95. The van der Waals surface area contributed by atoms with E-state index in [1.165, 1.54) is 0 Å². The summed E-state index contributed by atoms with van der Waals surface area (Å²) in [5.41, 5.74) is 4.10. The van der Waals surface area contributed by atoms with Crippen LogP contribution >= 0.6 is 0 Å². The molecule has 0 saturated heterocycles. The van der Waals surface area contributed by atoms with Crippen LogP contribution in [0.25, 0.3) is 0 Å². The van der Waals surface area contributed by atoms with Crippen LogP contribution in [0.15, 0.2) is 34.9 Å². The van der Waals surface area contributed by atoms with E-state index < -0.39 is 0 Å². The fraction of sp³-hybridized carbons (Fsp3) is 0.353. The normalized spacial score (nSPS) is 11.1. The molecule has 0 aliphatic rings. The number of carbonyl (C=O) groups is 1. The number of benzene rings is 1. The van der Waals surface area contributed by atoms with Gasteiger partial charge in [-0.2, -0.15) is 0 Å². The van der Waals surface area contributed by atoms with Gasteiger partial charge in [-0.05, 0) is 45.5 Å². The lowest BCUT2D eigenvalue weighted by atomic mass is 10.0. The van der Waals surface area contributed by atoms with Crippen molar-refractivity contribution in [2.45, 2.75) is 27.3 Å². The maximum Gasteiger partial charge on any atom is 0.177 e. The van der Waals surface area contributed by atoms with E-state index in [9.17, 15) is 4.79 Å². The molecule has 0 unspecified atom stereocenters. The third-order valence-electron chi connectivity index (χ3n) is 3.51. The van der Waals surface area contributed by atoms with Crippen LogP contribution in [-0.2, 0) is 6.54 Å². The number of carbonyl (C=O) groups excluding carboxylic acids is 1. The topological polar surface area (TPSA) is 33.5 Å². The van der Waals surface area contributed by atoms with Crippen LogP contribution in [0.4, 0.5) is 0 Å². The van der Waals surface area contributed by atoms with Crippen molar-refractivity contribution in [1.29, 1.82) is 0 Å². The van der Waals surface area contributed by atoms with E-state index in [1.54, 1.807) is 6.26 Å². The van der Waals surface area contributed by atoms with E-state index in [0.29, 0.717) is 6.54 Å². The Morgan fingerprint density at radius 2 is 1.95 bits per heavy atom. The zero-order valence-corrected chi connectivity index (χ0v) is 12.6. The molecule has 0 radical (unpaired) electrons. The van der Waals surface area contributed by atoms with Crippen molar-refractivity contribution >= 4 is 5.78 Å². The van der Waals surface area contributed by atoms with Crippen molar-refractivity contribution < 1.29 is 9.21 Å². The minimum atomic E-state index is 0.162. The number of aryl methyl sites for hydroxylation is 3. The standard InChI is InChI=1S/C17H21NO2/c1-12-5-6-13(2)16(9-12)17(19)11-18(4)10-15-7-8-20-14(15)3/h5-9H,10-11H2,1-4H3. The molecule has 3 heteroatoms. The maximum atomic E-state index is 12.4. The molecule has 0 fully saturated rings. The minimum absolute atomic E-state index is 0.162. The van der Waals surface area contributed by atoms with E-state index in [1.807, 2.05) is 57.0 Å². The van der Waals surface area contributed by atoms with Crippen LogP contribution < -0.4 is 0 Å². The monoisotopic (exact) mass is 271 g/mol. The molecule has 0 atom stereocenters. The number of Topliss-reactive ketones (excluding diaryl/α,β-unsaturated/α-hetero) is 1. The smallest absolute Gasteiger partial charge is 0.177 e. The second kappa shape index (κ2) is 6.06. The van der Waals surface area contributed by atoms with Crippen LogP contribution in [0.2, 0.25) is 0 Å². The molecule has 0 bridgehead atoms. The Morgan fingerprint density at radius 1 is 1.20 bits per heavy atom. The molecule has 2 aromatic rings. The highest BCUT2D eigenvalue weighted by Gasteiger charge is 2.13. The van der Waals surface area contributed by atoms with Gasteiger partial charge < -0.3 is 4.42 Å². The Kier molecular flexibility index (Phi) is 4.40. The molecule has 3 nitrogen and oxygen atoms in total. The van der Waals surface area contributed by atoms with Crippen molar-refractivity contribution in [2.75, 3.05) is 13.6 Å². The third-order valence-corrected chi connectivity index (χ3v) is 3.51. The first kappa shape index (κ1) is 14.5. The molecule has 0 aliphatic heterocycles. The van der Waals surface area contributed by atoms with Gasteiger partial charge >= 0.3 is 0 Å². The highest BCUT2D eigenvalue weighted by molar-refractivity contribution is 5.99. The Labute approximate surface area is 120 Å². The first-order valence-electron chi connectivity index (χ1n) is 6.79.